The molecule has 1 aromatic heterocycles. The zero-order chi connectivity index (χ0) is 17.1. The Kier molecular flexibility index (Phi) is 4.24. The number of nitrogens with zero attached hydrogens (tertiary/aromatic N) is 1. The highest BCUT2D eigenvalue weighted by atomic mass is 16.2. The number of rotatable bonds is 3. The number of nitrogens with one attached hydrogen (secondary N) is 3. The fourth-order valence-corrected chi connectivity index (χ4v) is 2.50. The van der Waals surface area contributed by atoms with Crippen molar-refractivity contribution in [1.29, 1.82) is 0 Å². The van der Waals surface area contributed by atoms with Crippen LogP contribution in [0.1, 0.15) is 29.4 Å². The van der Waals surface area contributed by atoms with Crippen LogP contribution in [0.5, 0.6) is 0 Å². The quantitative estimate of drug-likeness (QED) is 0.797. The highest BCUT2D eigenvalue weighted by Gasteiger charge is 2.21. The third kappa shape index (κ3) is 3.40. The molecule has 1 unspecified atom stereocenters. The van der Waals surface area contributed by atoms with Gasteiger partial charge in [0.1, 0.15) is 5.69 Å². The average molecular weight is 324 g/mol. The standard InChI is InChI=1S/C17H16N4O3/c1-10-8-15(23)20-21-16(10)11-2-4-12(5-3-11)19-17(24)14-9-13(22)6-7-18-14/h2-7,9-10H,8H2,1H3,(H,18,22)(H,19,24)(H,20,23). The monoisotopic (exact) mass is 324 g/mol. The van der Waals surface area contributed by atoms with Gasteiger partial charge in [-0.25, -0.2) is 5.43 Å². The molecule has 1 atom stereocenters. The lowest BCUT2D eigenvalue weighted by Crippen LogP contribution is -2.31. The normalized spacial score (nSPS) is 17.0. The van der Waals surface area contributed by atoms with Crippen LogP contribution in [0.3, 0.4) is 0 Å². The molecule has 2 amide bonds. The van der Waals surface area contributed by atoms with Crippen LogP contribution in [0.2, 0.25) is 0 Å². The van der Waals surface area contributed by atoms with Crippen molar-refractivity contribution in [3.05, 3.63) is 64.1 Å². The number of carbonyl (C=O) groups is 2. The number of carbonyl (C=O) groups excluding carboxylic acids is 2. The number of anilines is 1. The van der Waals surface area contributed by atoms with E-state index >= 15 is 0 Å². The molecular weight excluding hydrogens is 308 g/mol. The molecule has 2 heterocycles. The Morgan fingerprint density at radius 2 is 1.96 bits per heavy atom. The molecule has 3 rings (SSSR count). The van der Waals surface area contributed by atoms with E-state index in [1.165, 1.54) is 18.3 Å². The molecule has 24 heavy (non-hydrogen) atoms. The zero-order valence-electron chi connectivity index (χ0n) is 13.0. The summed E-state index contributed by atoms with van der Waals surface area (Å²) in [5.41, 5.74) is 4.73. The fraction of sp³-hybridized carbons (Fsp3) is 0.176. The Labute approximate surface area is 137 Å². The highest BCUT2D eigenvalue weighted by molar-refractivity contribution is 6.06. The Hall–Kier alpha value is -3.22. The maximum Gasteiger partial charge on any atom is 0.272 e. The van der Waals surface area contributed by atoms with Crippen molar-refractivity contribution in [2.75, 3.05) is 5.32 Å². The topological polar surface area (TPSA) is 103 Å². The molecule has 0 fully saturated rings. The summed E-state index contributed by atoms with van der Waals surface area (Å²) in [7, 11) is 0. The maximum atomic E-state index is 12.1. The van der Waals surface area contributed by atoms with E-state index in [9.17, 15) is 14.4 Å². The molecule has 0 radical (unpaired) electrons. The van der Waals surface area contributed by atoms with Crippen LogP contribution in [0.4, 0.5) is 5.69 Å². The molecule has 0 saturated carbocycles. The van der Waals surface area contributed by atoms with Gasteiger partial charge in [-0.1, -0.05) is 19.1 Å². The van der Waals surface area contributed by atoms with Crippen molar-refractivity contribution in [2.45, 2.75) is 13.3 Å². The first-order chi connectivity index (χ1) is 11.5. The van der Waals surface area contributed by atoms with Gasteiger partial charge < -0.3 is 10.3 Å². The fourth-order valence-electron chi connectivity index (χ4n) is 2.50. The number of amides is 2. The number of hydrogen-bond acceptors (Lipinski definition) is 4. The largest absolute Gasteiger partial charge is 0.357 e. The summed E-state index contributed by atoms with van der Waals surface area (Å²) in [5, 5.41) is 6.81. The van der Waals surface area contributed by atoms with Crippen molar-refractivity contribution in [2.24, 2.45) is 11.0 Å². The first-order valence-electron chi connectivity index (χ1n) is 7.50. The smallest absolute Gasteiger partial charge is 0.272 e. The number of H-pyrrole nitrogens is 1. The SMILES string of the molecule is CC1CC(=O)NN=C1c1ccc(NC(=O)c2cc(=O)cc[nH]2)cc1. The number of hydrazone groups is 1. The molecule has 1 aliphatic heterocycles. The molecule has 0 spiro atoms. The Balaban J connectivity index is 1.74. The summed E-state index contributed by atoms with van der Waals surface area (Å²) < 4.78 is 0. The van der Waals surface area contributed by atoms with Crippen molar-refractivity contribution in [3.63, 3.8) is 0 Å². The van der Waals surface area contributed by atoms with Gasteiger partial charge in [-0.05, 0) is 17.7 Å². The summed E-state index contributed by atoms with van der Waals surface area (Å²) in [5.74, 6) is -0.448. The van der Waals surface area contributed by atoms with Gasteiger partial charge in [-0.3, -0.25) is 14.4 Å². The summed E-state index contributed by atoms with van der Waals surface area (Å²) in [6, 6.07) is 9.74. The Morgan fingerprint density at radius 3 is 2.62 bits per heavy atom. The van der Waals surface area contributed by atoms with Gasteiger partial charge >= 0.3 is 0 Å². The predicted molar refractivity (Wildman–Crippen MR) is 89.9 cm³/mol. The van der Waals surface area contributed by atoms with Gasteiger partial charge in [-0.2, -0.15) is 5.10 Å². The average Bonchev–Trinajstić information content (AvgIpc) is 2.56. The summed E-state index contributed by atoms with van der Waals surface area (Å²) >= 11 is 0. The van der Waals surface area contributed by atoms with Gasteiger partial charge in [0.05, 0.1) is 5.71 Å². The molecule has 122 valence electrons. The van der Waals surface area contributed by atoms with Crippen molar-refractivity contribution in [3.8, 4) is 0 Å². The van der Waals surface area contributed by atoms with Crippen LogP contribution in [0, 0.1) is 5.92 Å². The van der Waals surface area contributed by atoms with Crippen molar-refractivity contribution in [1.82, 2.24) is 10.4 Å². The second kappa shape index (κ2) is 6.49. The first-order valence-corrected chi connectivity index (χ1v) is 7.50. The van der Waals surface area contributed by atoms with Crippen LogP contribution in [0.25, 0.3) is 0 Å². The second-order valence-corrected chi connectivity index (χ2v) is 5.61. The van der Waals surface area contributed by atoms with Crippen LogP contribution >= 0.6 is 0 Å². The zero-order valence-corrected chi connectivity index (χ0v) is 13.0. The number of aromatic nitrogens is 1. The lowest BCUT2D eigenvalue weighted by atomic mass is 9.94. The third-order valence-electron chi connectivity index (χ3n) is 3.72. The van der Waals surface area contributed by atoms with E-state index in [-0.39, 0.29) is 22.9 Å². The van der Waals surface area contributed by atoms with E-state index in [2.05, 4.69) is 20.8 Å². The van der Waals surface area contributed by atoms with Gasteiger partial charge in [0.15, 0.2) is 5.43 Å². The Morgan fingerprint density at radius 1 is 1.21 bits per heavy atom. The van der Waals surface area contributed by atoms with E-state index in [1.54, 1.807) is 12.1 Å². The Bertz CT molecular complexity index is 868. The molecular formula is C17H16N4O3. The lowest BCUT2D eigenvalue weighted by Gasteiger charge is -2.19. The number of aromatic amines is 1. The molecule has 1 aliphatic rings. The van der Waals surface area contributed by atoms with E-state index in [1.807, 2.05) is 19.1 Å². The molecule has 7 heteroatoms. The van der Waals surface area contributed by atoms with Crippen LogP contribution < -0.4 is 16.2 Å². The number of pyridine rings is 1. The molecule has 0 bridgehead atoms. The highest BCUT2D eigenvalue weighted by Crippen LogP contribution is 2.18. The lowest BCUT2D eigenvalue weighted by molar-refractivity contribution is -0.121. The van der Waals surface area contributed by atoms with Crippen molar-refractivity contribution >= 4 is 23.2 Å². The van der Waals surface area contributed by atoms with Gasteiger partial charge in [0.25, 0.3) is 5.91 Å². The maximum absolute atomic E-state index is 12.1. The number of hydrogen-bond donors (Lipinski definition) is 3. The van der Waals surface area contributed by atoms with Crippen LogP contribution in [-0.4, -0.2) is 22.5 Å². The molecule has 1 aromatic carbocycles. The van der Waals surface area contributed by atoms with Crippen LogP contribution in [0.15, 0.2) is 52.5 Å². The van der Waals surface area contributed by atoms with E-state index in [0.29, 0.717) is 12.1 Å². The first kappa shape index (κ1) is 15.7. The van der Waals surface area contributed by atoms with E-state index in [4.69, 9.17) is 0 Å². The van der Waals surface area contributed by atoms with Gasteiger partial charge in [0, 0.05) is 36.4 Å². The summed E-state index contributed by atoms with van der Waals surface area (Å²) in [6.07, 6.45) is 1.83. The second-order valence-electron chi connectivity index (χ2n) is 5.61. The molecule has 7 nitrogen and oxygen atoms in total. The van der Waals surface area contributed by atoms with Gasteiger partial charge in [-0.15, -0.1) is 0 Å². The van der Waals surface area contributed by atoms with E-state index in [0.717, 1.165) is 11.3 Å². The summed E-state index contributed by atoms with van der Waals surface area (Å²) in [4.78, 5) is 37.4. The van der Waals surface area contributed by atoms with Crippen LogP contribution in [-0.2, 0) is 4.79 Å². The minimum atomic E-state index is -0.393. The minimum Gasteiger partial charge on any atom is -0.357 e. The summed E-state index contributed by atoms with van der Waals surface area (Å²) in [6.45, 7) is 1.94. The molecule has 2 aromatic rings. The molecule has 0 aliphatic carbocycles. The van der Waals surface area contributed by atoms with Gasteiger partial charge in [0.2, 0.25) is 5.91 Å². The number of benzene rings is 1. The predicted octanol–water partition coefficient (Wildman–Crippen LogP) is 1.49. The minimum absolute atomic E-state index is 0.0357. The third-order valence-corrected chi connectivity index (χ3v) is 3.72. The van der Waals surface area contributed by atoms with Crippen molar-refractivity contribution < 1.29 is 9.59 Å². The van der Waals surface area contributed by atoms with E-state index < -0.39 is 5.91 Å². The molecule has 0 saturated heterocycles. The molecule has 3 N–H and O–H groups in total.